The maximum Gasteiger partial charge on any atom is 0.222 e. The normalized spacial score (nSPS) is 22.1. The molecule has 1 aliphatic heterocycles. The molecule has 5 heteroatoms. The molecule has 2 N–H and O–H groups in total. The highest BCUT2D eigenvalue weighted by atomic mass is 16.2. The second-order valence-corrected chi connectivity index (χ2v) is 6.00. The van der Waals surface area contributed by atoms with E-state index in [-0.39, 0.29) is 17.2 Å². The second kappa shape index (κ2) is 7.62. The molecule has 116 valence electrons. The van der Waals surface area contributed by atoms with Crippen LogP contribution in [0.25, 0.3) is 0 Å². The first-order chi connectivity index (χ1) is 9.45. The Morgan fingerprint density at radius 1 is 1.25 bits per heavy atom. The summed E-state index contributed by atoms with van der Waals surface area (Å²) in [6.45, 7) is 9.74. The molecule has 5 nitrogen and oxygen atoms in total. The van der Waals surface area contributed by atoms with E-state index < -0.39 is 0 Å². The Labute approximate surface area is 122 Å². The second-order valence-electron chi connectivity index (χ2n) is 6.00. The Morgan fingerprint density at radius 3 is 2.40 bits per heavy atom. The molecule has 1 heterocycles. The third-order valence-electron chi connectivity index (χ3n) is 4.30. The van der Waals surface area contributed by atoms with Crippen LogP contribution in [0, 0.1) is 5.41 Å². The number of likely N-dealkylation sites (tertiary alicyclic amines) is 1. The topological polar surface area (TPSA) is 66.6 Å². The molecule has 0 bridgehead atoms. The molecule has 1 unspecified atom stereocenters. The van der Waals surface area contributed by atoms with Crippen molar-refractivity contribution >= 4 is 11.8 Å². The van der Waals surface area contributed by atoms with Gasteiger partial charge in [0.2, 0.25) is 11.8 Å². The molecule has 0 saturated carbocycles. The van der Waals surface area contributed by atoms with Gasteiger partial charge in [0.05, 0.1) is 0 Å². The number of nitrogens with zero attached hydrogens (tertiary/aromatic N) is 2. The van der Waals surface area contributed by atoms with Crippen LogP contribution in [0.15, 0.2) is 0 Å². The van der Waals surface area contributed by atoms with Gasteiger partial charge in [0, 0.05) is 39.0 Å². The number of hydrogen-bond donors (Lipinski definition) is 1. The lowest BCUT2D eigenvalue weighted by atomic mass is 9.90. The molecular weight excluding hydrogens is 254 g/mol. The molecule has 1 saturated heterocycles. The number of rotatable bonds is 7. The van der Waals surface area contributed by atoms with Crippen molar-refractivity contribution in [3.8, 4) is 0 Å². The summed E-state index contributed by atoms with van der Waals surface area (Å²) < 4.78 is 0. The van der Waals surface area contributed by atoms with Gasteiger partial charge in [0.1, 0.15) is 0 Å². The van der Waals surface area contributed by atoms with Crippen LogP contribution in [0.5, 0.6) is 0 Å². The van der Waals surface area contributed by atoms with Crippen LogP contribution in [0.1, 0.15) is 46.5 Å². The molecule has 0 aromatic carbocycles. The van der Waals surface area contributed by atoms with Gasteiger partial charge in [-0.25, -0.2) is 0 Å². The van der Waals surface area contributed by atoms with E-state index in [0.29, 0.717) is 25.8 Å². The fourth-order valence-electron chi connectivity index (χ4n) is 2.69. The predicted molar refractivity (Wildman–Crippen MR) is 80.1 cm³/mol. The summed E-state index contributed by atoms with van der Waals surface area (Å²) in [5.74, 6) is 0.311. The van der Waals surface area contributed by atoms with Crippen molar-refractivity contribution in [1.29, 1.82) is 0 Å². The average Bonchev–Trinajstić information content (AvgIpc) is 2.83. The first kappa shape index (κ1) is 17.0. The Hall–Kier alpha value is -1.10. The summed E-state index contributed by atoms with van der Waals surface area (Å²) in [5.41, 5.74) is 5.82. The van der Waals surface area contributed by atoms with Crippen molar-refractivity contribution in [3.63, 3.8) is 0 Å². The van der Waals surface area contributed by atoms with Crippen LogP contribution < -0.4 is 5.73 Å². The molecule has 0 radical (unpaired) electrons. The van der Waals surface area contributed by atoms with E-state index in [2.05, 4.69) is 6.92 Å². The van der Waals surface area contributed by atoms with E-state index in [9.17, 15) is 9.59 Å². The van der Waals surface area contributed by atoms with Crippen molar-refractivity contribution in [2.24, 2.45) is 11.1 Å². The summed E-state index contributed by atoms with van der Waals surface area (Å²) in [5, 5.41) is 0. The predicted octanol–water partition coefficient (Wildman–Crippen LogP) is 1.22. The van der Waals surface area contributed by atoms with Crippen LogP contribution in [0.2, 0.25) is 0 Å². The standard InChI is InChI=1S/C15H29N3O2/c1-4-17(5-2)13(19)7-6-8-14(20)18-10-9-15(3,11-16)12-18/h4-12,16H2,1-3H3. The van der Waals surface area contributed by atoms with Gasteiger partial charge in [0.15, 0.2) is 0 Å². The fraction of sp³-hybridized carbons (Fsp3) is 0.867. The minimum Gasteiger partial charge on any atom is -0.343 e. The summed E-state index contributed by atoms with van der Waals surface area (Å²) in [6.07, 6.45) is 2.56. The molecule has 20 heavy (non-hydrogen) atoms. The van der Waals surface area contributed by atoms with Gasteiger partial charge in [-0.15, -0.1) is 0 Å². The lowest BCUT2D eigenvalue weighted by molar-refractivity contribution is -0.132. The molecule has 1 aliphatic rings. The third kappa shape index (κ3) is 4.47. The zero-order chi connectivity index (χ0) is 15.2. The van der Waals surface area contributed by atoms with Crippen molar-refractivity contribution in [2.75, 3.05) is 32.7 Å². The smallest absolute Gasteiger partial charge is 0.222 e. The van der Waals surface area contributed by atoms with E-state index in [0.717, 1.165) is 32.6 Å². The van der Waals surface area contributed by atoms with Crippen molar-refractivity contribution in [3.05, 3.63) is 0 Å². The van der Waals surface area contributed by atoms with Crippen molar-refractivity contribution in [2.45, 2.75) is 46.5 Å². The number of amides is 2. The van der Waals surface area contributed by atoms with E-state index in [1.54, 1.807) is 0 Å². The SMILES string of the molecule is CCN(CC)C(=O)CCCC(=O)N1CCC(C)(CN)C1. The lowest BCUT2D eigenvalue weighted by Gasteiger charge is -2.23. The minimum atomic E-state index is 0.0761. The zero-order valence-corrected chi connectivity index (χ0v) is 13.2. The first-order valence-electron chi connectivity index (χ1n) is 7.71. The first-order valence-corrected chi connectivity index (χ1v) is 7.71. The van der Waals surface area contributed by atoms with Gasteiger partial charge < -0.3 is 15.5 Å². The van der Waals surface area contributed by atoms with Crippen LogP contribution in [0.4, 0.5) is 0 Å². The van der Waals surface area contributed by atoms with E-state index in [1.807, 2.05) is 23.6 Å². The van der Waals surface area contributed by atoms with Gasteiger partial charge in [0.25, 0.3) is 0 Å². The van der Waals surface area contributed by atoms with Crippen LogP contribution in [-0.2, 0) is 9.59 Å². The minimum absolute atomic E-state index is 0.0761. The monoisotopic (exact) mass is 283 g/mol. The highest BCUT2D eigenvalue weighted by Crippen LogP contribution is 2.28. The fourth-order valence-corrected chi connectivity index (χ4v) is 2.69. The molecule has 2 amide bonds. The van der Waals surface area contributed by atoms with Crippen LogP contribution in [-0.4, -0.2) is 54.3 Å². The maximum absolute atomic E-state index is 12.1. The maximum atomic E-state index is 12.1. The Bertz CT molecular complexity index is 342. The number of hydrogen-bond acceptors (Lipinski definition) is 3. The average molecular weight is 283 g/mol. The molecular formula is C15H29N3O2. The number of nitrogens with two attached hydrogens (primary N) is 1. The summed E-state index contributed by atoms with van der Waals surface area (Å²) in [4.78, 5) is 27.7. The lowest BCUT2D eigenvalue weighted by Crippen LogP contribution is -2.34. The summed E-state index contributed by atoms with van der Waals surface area (Å²) in [6, 6.07) is 0. The van der Waals surface area contributed by atoms with Gasteiger partial charge in [-0.05, 0) is 38.6 Å². The van der Waals surface area contributed by atoms with Crippen molar-refractivity contribution < 1.29 is 9.59 Å². The number of carbonyl (C=O) groups excluding carboxylic acids is 2. The highest BCUT2D eigenvalue weighted by Gasteiger charge is 2.34. The largest absolute Gasteiger partial charge is 0.343 e. The van der Waals surface area contributed by atoms with Gasteiger partial charge >= 0.3 is 0 Å². The Balaban J connectivity index is 2.29. The quantitative estimate of drug-likeness (QED) is 0.764. The molecule has 0 aliphatic carbocycles. The van der Waals surface area contributed by atoms with Gasteiger partial charge in [-0.1, -0.05) is 6.92 Å². The molecule has 0 aromatic heterocycles. The third-order valence-corrected chi connectivity index (χ3v) is 4.30. The van der Waals surface area contributed by atoms with Crippen LogP contribution in [0.3, 0.4) is 0 Å². The van der Waals surface area contributed by atoms with Crippen molar-refractivity contribution in [1.82, 2.24) is 9.80 Å². The summed E-state index contributed by atoms with van der Waals surface area (Å²) in [7, 11) is 0. The highest BCUT2D eigenvalue weighted by molar-refractivity contribution is 5.79. The molecule has 0 spiro atoms. The Morgan fingerprint density at radius 2 is 1.90 bits per heavy atom. The molecule has 1 fully saturated rings. The molecule has 1 atom stereocenters. The van der Waals surface area contributed by atoms with E-state index >= 15 is 0 Å². The van der Waals surface area contributed by atoms with Crippen LogP contribution >= 0.6 is 0 Å². The Kier molecular flexibility index (Phi) is 6.46. The van der Waals surface area contributed by atoms with Gasteiger partial charge in [-0.2, -0.15) is 0 Å². The number of carbonyl (C=O) groups is 2. The molecule has 1 rings (SSSR count). The zero-order valence-electron chi connectivity index (χ0n) is 13.2. The molecule has 0 aromatic rings. The van der Waals surface area contributed by atoms with E-state index in [4.69, 9.17) is 5.73 Å². The summed E-state index contributed by atoms with van der Waals surface area (Å²) >= 11 is 0. The van der Waals surface area contributed by atoms with Gasteiger partial charge in [-0.3, -0.25) is 9.59 Å². The van der Waals surface area contributed by atoms with E-state index in [1.165, 1.54) is 0 Å².